The Kier molecular flexibility index (Phi) is 3.47. The van der Waals surface area contributed by atoms with Crippen molar-refractivity contribution in [2.75, 3.05) is 0 Å². The van der Waals surface area contributed by atoms with Crippen LogP contribution in [-0.2, 0) is 0 Å². The molecule has 0 aliphatic heterocycles. The van der Waals surface area contributed by atoms with Crippen LogP contribution in [0.3, 0.4) is 0 Å². The van der Waals surface area contributed by atoms with Gasteiger partial charge in [0, 0.05) is 22.4 Å². The van der Waals surface area contributed by atoms with E-state index < -0.39 is 28.8 Å². The van der Waals surface area contributed by atoms with Gasteiger partial charge in [0.1, 0.15) is 0 Å². The number of hydrogen-bond donors (Lipinski definition) is 0. The van der Waals surface area contributed by atoms with Gasteiger partial charge >= 0.3 is 0 Å². The van der Waals surface area contributed by atoms with Gasteiger partial charge in [0.15, 0.2) is 23.2 Å². The van der Waals surface area contributed by atoms with Gasteiger partial charge in [-0.2, -0.15) is 0 Å². The second-order valence-corrected chi connectivity index (χ2v) is 4.36. The summed E-state index contributed by atoms with van der Waals surface area (Å²) in [7, 11) is 0. The maximum absolute atomic E-state index is 13.4. The molecule has 0 fully saturated rings. The van der Waals surface area contributed by atoms with Crippen molar-refractivity contribution in [3.8, 4) is 0 Å². The van der Waals surface area contributed by atoms with Gasteiger partial charge in [-0.25, -0.2) is 13.2 Å². The Balaban J connectivity index is 2.50. The van der Waals surface area contributed by atoms with Gasteiger partial charge in [0.25, 0.3) is 0 Å². The number of carbonyl (C=O) groups is 1. The molecule has 2 rings (SSSR count). The van der Waals surface area contributed by atoms with Gasteiger partial charge < -0.3 is 0 Å². The Hall–Kier alpha value is -1.69. The zero-order valence-electron chi connectivity index (χ0n) is 8.75. The number of ketones is 1. The molecule has 0 N–H and O–H groups in total. The number of benzene rings is 1. The third-order valence-corrected chi connectivity index (χ3v) is 2.68. The summed E-state index contributed by atoms with van der Waals surface area (Å²) in [6.07, 6.45) is 2.66. The Labute approximate surface area is 109 Å². The number of rotatable bonds is 2. The molecule has 0 saturated heterocycles. The second-order valence-electron chi connectivity index (χ2n) is 3.44. The largest absolute Gasteiger partial charge is 0.288 e. The highest BCUT2D eigenvalue weighted by Gasteiger charge is 2.20. The molecular formula is C12H5BrF3NO. The SMILES string of the molecule is O=C(c1cncc(Br)c1)c1ccc(F)c(F)c1F. The van der Waals surface area contributed by atoms with Crippen LogP contribution in [0.2, 0.25) is 0 Å². The van der Waals surface area contributed by atoms with Gasteiger partial charge in [-0.3, -0.25) is 9.78 Å². The van der Waals surface area contributed by atoms with E-state index in [0.29, 0.717) is 10.5 Å². The van der Waals surface area contributed by atoms with Crippen molar-refractivity contribution in [2.24, 2.45) is 0 Å². The van der Waals surface area contributed by atoms with Crippen molar-refractivity contribution >= 4 is 21.7 Å². The molecular weight excluding hydrogens is 311 g/mol. The molecule has 1 aromatic carbocycles. The smallest absolute Gasteiger partial charge is 0.197 e. The van der Waals surface area contributed by atoms with Crippen LogP contribution in [0.5, 0.6) is 0 Å². The minimum Gasteiger partial charge on any atom is -0.288 e. The van der Waals surface area contributed by atoms with Crippen molar-refractivity contribution in [2.45, 2.75) is 0 Å². The maximum atomic E-state index is 13.4. The number of hydrogen-bond acceptors (Lipinski definition) is 2. The van der Waals surface area contributed by atoms with Crippen LogP contribution in [0.4, 0.5) is 13.2 Å². The van der Waals surface area contributed by atoms with E-state index in [0.717, 1.165) is 6.07 Å². The number of halogens is 4. The molecule has 92 valence electrons. The number of aromatic nitrogens is 1. The third-order valence-electron chi connectivity index (χ3n) is 2.25. The molecule has 0 saturated carbocycles. The third kappa shape index (κ3) is 2.28. The van der Waals surface area contributed by atoms with Gasteiger partial charge in [-0.15, -0.1) is 0 Å². The molecule has 6 heteroatoms. The summed E-state index contributed by atoms with van der Waals surface area (Å²) >= 11 is 3.11. The summed E-state index contributed by atoms with van der Waals surface area (Å²) in [5, 5.41) is 0. The molecule has 2 aromatic rings. The summed E-state index contributed by atoms with van der Waals surface area (Å²) in [4.78, 5) is 15.6. The van der Waals surface area contributed by atoms with E-state index in [1.54, 1.807) is 0 Å². The second kappa shape index (κ2) is 4.89. The average Bonchev–Trinajstić information content (AvgIpc) is 2.35. The maximum Gasteiger partial charge on any atom is 0.197 e. The fraction of sp³-hybridized carbons (Fsp3) is 0. The molecule has 1 heterocycles. The first-order valence-corrected chi connectivity index (χ1v) is 5.58. The van der Waals surface area contributed by atoms with Crippen LogP contribution in [0.25, 0.3) is 0 Å². The summed E-state index contributed by atoms with van der Waals surface area (Å²) < 4.78 is 39.7. The van der Waals surface area contributed by atoms with Crippen LogP contribution in [-0.4, -0.2) is 10.8 Å². The van der Waals surface area contributed by atoms with E-state index in [9.17, 15) is 18.0 Å². The van der Waals surface area contributed by atoms with Crippen LogP contribution in [0.15, 0.2) is 35.1 Å². The van der Waals surface area contributed by atoms with Crippen molar-refractivity contribution < 1.29 is 18.0 Å². The van der Waals surface area contributed by atoms with Crippen molar-refractivity contribution in [1.29, 1.82) is 0 Å². The van der Waals surface area contributed by atoms with E-state index in [-0.39, 0.29) is 5.56 Å². The molecule has 0 radical (unpaired) electrons. The topological polar surface area (TPSA) is 30.0 Å². The van der Waals surface area contributed by atoms with Crippen LogP contribution in [0, 0.1) is 17.5 Å². The minimum absolute atomic E-state index is 0.0780. The van der Waals surface area contributed by atoms with Crippen molar-refractivity contribution in [1.82, 2.24) is 4.98 Å². The van der Waals surface area contributed by atoms with E-state index in [4.69, 9.17) is 0 Å². The molecule has 0 atom stereocenters. The fourth-order valence-corrected chi connectivity index (χ4v) is 1.76. The fourth-order valence-electron chi connectivity index (χ4n) is 1.39. The van der Waals surface area contributed by atoms with Gasteiger partial charge in [0.2, 0.25) is 0 Å². The monoisotopic (exact) mass is 315 g/mol. The zero-order valence-corrected chi connectivity index (χ0v) is 10.3. The lowest BCUT2D eigenvalue weighted by Gasteiger charge is -2.04. The number of carbonyl (C=O) groups excluding carboxylic acids is 1. The molecule has 1 aromatic heterocycles. The molecule has 0 aliphatic rings. The average molecular weight is 316 g/mol. The van der Waals surface area contributed by atoms with Gasteiger partial charge in [-0.1, -0.05) is 0 Å². The highest BCUT2D eigenvalue weighted by atomic mass is 79.9. The lowest BCUT2D eigenvalue weighted by atomic mass is 10.0. The predicted octanol–water partition coefficient (Wildman–Crippen LogP) is 3.49. The van der Waals surface area contributed by atoms with E-state index in [2.05, 4.69) is 20.9 Å². The summed E-state index contributed by atoms with van der Waals surface area (Å²) in [5.74, 6) is -5.26. The van der Waals surface area contributed by atoms with Crippen molar-refractivity contribution in [3.63, 3.8) is 0 Å². The molecule has 18 heavy (non-hydrogen) atoms. The molecule has 0 bridgehead atoms. The molecule has 0 amide bonds. The van der Waals surface area contributed by atoms with E-state index in [1.807, 2.05) is 0 Å². The first-order chi connectivity index (χ1) is 8.50. The summed E-state index contributed by atoms with van der Waals surface area (Å²) in [6.45, 7) is 0. The van der Waals surface area contributed by atoms with Crippen LogP contribution < -0.4 is 0 Å². The Morgan fingerprint density at radius 2 is 1.83 bits per heavy atom. The molecule has 0 spiro atoms. The first kappa shape index (κ1) is 12.8. The molecule has 2 nitrogen and oxygen atoms in total. The quantitative estimate of drug-likeness (QED) is 0.627. The Morgan fingerprint density at radius 1 is 1.11 bits per heavy atom. The Morgan fingerprint density at radius 3 is 2.50 bits per heavy atom. The normalized spacial score (nSPS) is 10.4. The summed E-state index contributed by atoms with van der Waals surface area (Å²) in [6, 6.07) is 3.02. The number of nitrogens with zero attached hydrogens (tertiary/aromatic N) is 1. The Bertz CT molecular complexity index is 631. The first-order valence-electron chi connectivity index (χ1n) is 4.79. The lowest BCUT2D eigenvalue weighted by Crippen LogP contribution is -2.07. The van der Waals surface area contributed by atoms with Crippen molar-refractivity contribution in [3.05, 3.63) is 63.6 Å². The summed E-state index contributed by atoms with van der Waals surface area (Å²) in [5.41, 5.74) is -0.455. The highest BCUT2D eigenvalue weighted by Crippen LogP contribution is 2.19. The highest BCUT2D eigenvalue weighted by molar-refractivity contribution is 9.10. The number of pyridine rings is 1. The predicted molar refractivity (Wildman–Crippen MR) is 61.7 cm³/mol. The van der Waals surface area contributed by atoms with E-state index in [1.165, 1.54) is 18.5 Å². The zero-order chi connectivity index (χ0) is 13.3. The molecule has 0 aliphatic carbocycles. The van der Waals surface area contributed by atoms with Gasteiger partial charge in [-0.05, 0) is 34.1 Å². The minimum atomic E-state index is -1.66. The van der Waals surface area contributed by atoms with Crippen LogP contribution in [0.1, 0.15) is 15.9 Å². The van der Waals surface area contributed by atoms with Gasteiger partial charge in [0.05, 0.1) is 5.56 Å². The standard InChI is InChI=1S/C12H5BrF3NO/c13-7-3-6(4-17-5-7)12(18)8-1-2-9(14)11(16)10(8)15/h1-5H. The lowest BCUT2D eigenvalue weighted by molar-refractivity contribution is 0.103. The van der Waals surface area contributed by atoms with Crippen LogP contribution >= 0.6 is 15.9 Å². The molecule has 0 unspecified atom stereocenters. The van der Waals surface area contributed by atoms with E-state index >= 15 is 0 Å².